The smallest absolute Gasteiger partial charge is 0.325 e. The van der Waals surface area contributed by atoms with Gasteiger partial charge in [0.15, 0.2) is 16.3 Å². The number of aromatic nitrogens is 1. The second-order valence-corrected chi connectivity index (χ2v) is 6.96. The lowest BCUT2D eigenvalue weighted by Gasteiger charge is -2.05. The number of esters is 1. The minimum atomic E-state index is -0.433. The lowest BCUT2D eigenvalue weighted by molar-refractivity contribution is -0.141. The van der Waals surface area contributed by atoms with Crippen molar-refractivity contribution in [2.24, 2.45) is 4.99 Å². The number of methoxy groups -OCH3 is 1. The Morgan fingerprint density at radius 2 is 1.96 bits per heavy atom. The number of thiazole rings is 1. The third kappa shape index (κ3) is 3.19. The van der Waals surface area contributed by atoms with Crippen LogP contribution in [0.5, 0.6) is 11.5 Å². The SMILES string of the molecule is COC(=O)Cn1c(=NC(=O)c2ccccc2C)sc2cc3c(cc21)OCO3. The first-order valence-corrected chi connectivity index (χ1v) is 9.03. The maximum Gasteiger partial charge on any atom is 0.325 e. The van der Waals surface area contributed by atoms with Crippen molar-refractivity contribution in [2.45, 2.75) is 13.5 Å². The largest absolute Gasteiger partial charge is 0.468 e. The van der Waals surface area contributed by atoms with E-state index in [2.05, 4.69) is 4.99 Å². The number of fused-ring (bicyclic) bond motifs is 2. The van der Waals surface area contributed by atoms with Crippen LogP contribution in [-0.2, 0) is 16.1 Å². The number of hydrogen-bond donors (Lipinski definition) is 0. The van der Waals surface area contributed by atoms with Crippen molar-refractivity contribution in [2.75, 3.05) is 13.9 Å². The molecule has 0 saturated heterocycles. The fraction of sp³-hybridized carbons (Fsp3) is 0.211. The molecule has 0 spiro atoms. The number of benzene rings is 2. The van der Waals surface area contributed by atoms with Crippen LogP contribution in [0.4, 0.5) is 0 Å². The number of hydrogen-bond acceptors (Lipinski definition) is 6. The molecule has 0 bridgehead atoms. The van der Waals surface area contributed by atoms with Gasteiger partial charge in [-0.1, -0.05) is 29.5 Å². The highest BCUT2D eigenvalue weighted by Crippen LogP contribution is 2.37. The number of aryl methyl sites for hydroxylation is 1. The van der Waals surface area contributed by atoms with Crippen LogP contribution in [0.2, 0.25) is 0 Å². The molecule has 0 aliphatic carbocycles. The normalized spacial score (nSPS) is 13.2. The first-order chi connectivity index (χ1) is 13.1. The molecule has 27 heavy (non-hydrogen) atoms. The molecule has 1 amide bonds. The standard InChI is InChI=1S/C19H16N2O5S/c1-11-5-3-4-6-12(11)18(23)20-19-21(9-17(22)24-2)13-7-14-15(26-10-25-14)8-16(13)27-19/h3-8H,9-10H2,1-2H3. The van der Waals surface area contributed by atoms with Gasteiger partial charge < -0.3 is 18.8 Å². The van der Waals surface area contributed by atoms with Gasteiger partial charge in [0, 0.05) is 17.7 Å². The van der Waals surface area contributed by atoms with Gasteiger partial charge >= 0.3 is 5.97 Å². The third-order valence-electron chi connectivity index (χ3n) is 4.26. The Kier molecular flexibility index (Phi) is 4.41. The van der Waals surface area contributed by atoms with Crippen LogP contribution >= 0.6 is 11.3 Å². The van der Waals surface area contributed by atoms with Gasteiger partial charge in [-0.2, -0.15) is 4.99 Å². The molecule has 2 aromatic carbocycles. The number of nitrogens with zero attached hydrogens (tertiary/aromatic N) is 2. The van der Waals surface area contributed by atoms with Gasteiger partial charge in [-0.05, 0) is 18.6 Å². The summed E-state index contributed by atoms with van der Waals surface area (Å²) < 4.78 is 18.1. The molecule has 7 nitrogen and oxygen atoms in total. The molecule has 8 heteroatoms. The minimum Gasteiger partial charge on any atom is -0.468 e. The molecule has 0 radical (unpaired) electrons. The van der Waals surface area contributed by atoms with E-state index in [1.165, 1.54) is 18.4 Å². The van der Waals surface area contributed by atoms with Crippen LogP contribution in [0, 0.1) is 6.92 Å². The predicted molar refractivity (Wildman–Crippen MR) is 99.0 cm³/mol. The van der Waals surface area contributed by atoms with E-state index in [1.807, 2.05) is 25.1 Å². The predicted octanol–water partition coefficient (Wildman–Crippen LogP) is 2.65. The maximum atomic E-state index is 12.7. The van der Waals surface area contributed by atoms with Gasteiger partial charge in [0.05, 0.1) is 17.3 Å². The zero-order valence-electron chi connectivity index (χ0n) is 14.7. The summed E-state index contributed by atoms with van der Waals surface area (Å²) in [6.07, 6.45) is 0. The summed E-state index contributed by atoms with van der Waals surface area (Å²) in [7, 11) is 1.32. The molecular formula is C19H16N2O5S. The van der Waals surface area contributed by atoms with Crippen molar-refractivity contribution in [3.05, 3.63) is 52.3 Å². The second-order valence-electron chi connectivity index (χ2n) is 5.95. The highest BCUT2D eigenvalue weighted by molar-refractivity contribution is 7.16. The van der Waals surface area contributed by atoms with Gasteiger partial charge in [-0.15, -0.1) is 0 Å². The van der Waals surface area contributed by atoms with Crippen molar-refractivity contribution >= 4 is 33.4 Å². The molecule has 2 heterocycles. The zero-order chi connectivity index (χ0) is 19.0. The lowest BCUT2D eigenvalue weighted by Crippen LogP contribution is -2.22. The summed E-state index contributed by atoms with van der Waals surface area (Å²) in [4.78, 5) is 29.3. The van der Waals surface area contributed by atoms with Crippen LogP contribution in [0.3, 0.4) is 0 Å². The fourth-order valence-corrected chi connectivity index (χ4v) is 3.89. The topological polar surface area (TPSA) is 79.1 Å². The maximum absolute atomic E-state index is 12.7. The first-order valence-electron chi connectivity index (χ1n) is 8.21. The van der Waals surface area contributed by atoms with Crippen LogP contribution in [0.15, 0.2) is 41.4 Å². The minimum absolute atomic E-state index is 0.0595. The van der Waals surface area contributed by atoms with E-state index in [0.717, 1.165) is 15.8 Å². The van der Waals surface area contributed by atoms with Crippen LogP contribution in [0.25, 0.3) is 10.2 Å². The molecule has 138 valence electrons. The summed E-state index contributed by atoms with van der Waals surface area (Å²) in [6, 6.07) is 10.9. The number of carbonyl (C=O) groups excluding carboxylic acids is 2. The molecule has 0 N–H and O–H groups in total. The zero-order valence-corrected chi connectivity index (χ0v) is 15.5. The molecule has 1 aliphatic heterocycles. The average Bonchev–Trinajstić information content (AvgIpc) is 3.24. The van der Waals surface area contributed by atoms with Gasteiger partial charge in [0.25, 0.3) is 5.91 Å². The van der Waals surface area contributed by atoms with E-state index < -0.39 is 5.97 Å². The fourth-order valence-electron chi connectivity index (χ4n) is 2.85. The average molecular weight is 384 g/mol. The van der Waals surface area contributed by atoms with Gasteiger partial charge in [0.1, 0.15) is 6.54 Å². The summed E-state index contributed by atoms with van der Waals surface area (Å²) in [5.74, 6) is 0.428. The van der Waals surface area contributed by atoms with Crippen molar-refractivity contribution in [1.29, 1.82) is 0 Å². The Balaban J connectivity index is 1.88. The summed E-state index contributed by atoms with van der Waals surface area (Å²) >= 11 is 1.30. The van der Waals surface area contributed by atoms with E-state index >= 15 is 0 Å². The van der Waals surface area contributed by atoms with Crippen molar-refractivity contribution in [3.63, 3.8) is 0 Å². The van der Waals surface area contributed by atoms with E-state index in [0.29, 0.717) is 21.9 Å². The van der Waals surface area contributed by atoms with Crippen LogP contribution < -0.4 is 14.3 Å². The number of carbonyl (C=O) groups is 2. The Hall–Kier alpha value is -3.13. The Morgan fingerprint density at radius 3 is 2.70 bits per heavy atom. The van der Waals surface area contributed by atoms with Crippen molar-refractivity contribution < 1.29 is 23.8 Å². The first kappa shape index (κ1) is 17.3. The molecule has 0 atom stereocenters. The highest BCUT2D eigenvalue weighted by Gasteiger charge is 2.19. The molecular weight excluding hydrogens is 368 g/mol. The Morgan fingerprint density at radius 1 is 1.22 bits per heavy atom. The third-order valence-corrected chi connectivity index (χ3v) is 5.31. The van der Waals surface area contributed by atoms with Crippen molar-refractivity contribution in [3.8, 4) is 11.5 Å². The molecule has 1 aromatic heterocycles. The monoisotopic (exact) mass is 384 g/mol. The van der Waals surface area contributed by atoms with Crippen LogP contribution in [0.1, 0.15) is 15.9 Å². The van der Waals surface area contributed by atoms with Gasteiger partial charge in [0.2, 0.25) is 6.79 Å². The number of amides is 1. The molecule has 0 unspecified atom stereocenters. The van der Waals surface area contributed by atoms with E-state index in [9.17, 15) is 9.59 Å². The number of ether oxygens (including phenoxy) is 3. The van der Waals surface area contributed by atoms with Crippen molar-refractivity contribution in [1.82, 2.24) is 4.57 Å². The van der Waals surface area contributed by atoms with E-state index in [1.54, 1.807) is 22.8 Å². The van der Waals surface area contributed by atoms with Gasteiger partial charge in [-0.25, -0.2) is 0 Å². The van der Waals surface area contributed by atoms with Crippen LogP contribution in [-0.4, -0.2) is 30.3 Å². The number of rotatable bonds is 3. The Bertz CT molecular complexity index is 1130. The lowest BCUT2D eigenvalue weighted by atomic mass is 10.1. The van der Waals surface area contributed by atoms with E-state index in [4.69, 9.17) is 14.2 Å². The molecule has 4 rings (SSSR count). The molecule has 1 aliphatic rings. The highest BCUT2D eigenvalue weighted by atomic mass is 32.1. The van der Waals surface area contributed by atoms with E-state index in [-0.39, 0.29) is 19.2 Å². The quantitative estimate of drug-likeness (QED) is 0.649. The summed E-state index contributed by atoms with van der Waals surface area (Å²) in [5.41, 5.74) is 2.09. The summed E-state index contributed by atoms with van der Waals surface area (Å²) in [6.45, 7) is 1.96. The molecule has 3 aromatic rings. The Labute approximate surface area is 158 Å². The van der Waals surface area contributed by atoms with Gasteiger partial charge in [-0.3, -0.25) is 9.59 Å². The molecule has 0 fully saturated rings. The second kappa shape index (κ2) is 6.88. The summed E-state index contributed by atoms with van der Waals surface area (Å²) in [5, 5.41) is 0. The molecule has 0 saturated carbocycles.